The van der Waals surface area contributed by atoms with Gasteiger partial charge in [0, 0.05) is 17.4 Å². The number of Topliss-reactive ketones (excluding diaryl/α,β-unsaturated/α-hetero) is 1. The van der Waals surface area contributed by atoms with Gasteiger partial charge in [-0.2, -0.15) is 0 Å². The summed E-state index contributed by atoms with van der Waals surface area (Å²) in [7, 11) is 0. The van der Waals surface area contributed by atoms with Crippen LogP contribution < -0.4 is 5.32 Å². The summed E-state index contributed by atoms with van der Waals surface area (Å²) in [4.78, 5) is 37.2. The van der Waals surface area contributed by atoms with Crippen molar-refractivity contribution in [3.05, 3.63) is 35.9 Å². The van der Waals surface area contributed by atoms with E-state index in [1.165, 1.54) is 0 Å². The standard InChI is InChI=1S/C20H27NO6/c1-5-26-18(24)16-14(13(11-22)21-19(25)27-20(2,3)4)15(16)17(23)12-9-7-6-8-10-12/h6-10,13-16,22H,5,11H2,1-4H3,(H,21,25)/t13-,14-,15-,16+/m0/s1. The summed E-state index contributed by atoms with van der Waals surface area (Å²) in [5.41, 5.74) is -0.221. The van der Waals surface area contributed by atoms with Gasteiger partial charge in [0.1, 0.15) is 5.60 Å². The highest BCUT2D eigenvalue weighted by atomic mass is 16.6. The van der Waals surface area contributed by atoms with Crippen LogP contribution in [0.25, 0.3) is 0 Å². The molecule has 1 aliphatic rings. The number of benzene rings is 1. The number of aliphatic hydroxyl groups excluding tert-OH is 1. The predicted molar refractivity (Wildman–Crippen MR) is 98.1 cm³/mol. The first kappa shape index (κ1) is 20.9. The summed E-state index contributed by atoms with van der Waals surface area (Å²) in [6.07, 6.45) is -0.707. The topological polar surface area (TPSA) is 102 Å². The van der Waals surface area contributed by atoms with Gasteiger partial charge < -0.3 is 19.9 Å². The molecule has 0 bridgehead atoms. The molecule has 1 saturated carbocycles. The molecule has 0 aliphatic heterocycles. The van der Waals surface area contributed by atoms with E-state index in [4.69, 9.17) is 9.47 Å². The molecular weight excluding hydrogens is 350 g/mol. The maximum atomic E-state index is 12.8. The van der Waals surface area contributed by atoms with Gasteiger partial charge in [-0.1, -0.05) is 30.3 Å². The molecule has 1 aliphatic carbocycles. The maximum Gasteiger partial charge on any atom is 0.407 e. The van der Waals surface area contributed by atoms with Gasteiger partial charge in [-0.15, -0.1) is 0 Å². The molecule has 1 aromatic carbocycles. The van der Waals surface area contributed by atoms with Crippen LogP contribution in [-0.4, -0.2) is 47.8 Å². The van der Waals surface area contributed by atoms with E-state index < -0.39 is 48.1 Å². The first-order chi connectivity index (χ1) is 12.7. The lowest BCUT2D eigenvalue weighted by molar-refractivity contribution is -0.145. The largest absolute Gasteiger partial charge is 0.466 e. The van der Waals surface area contributed by atoms with Crippen LogP contribution in [0.2, 0.25) is 0 Å². The van der Waals surface area contributed by atoms with E-state index in [0.29, 0.717) is 5.56 Å². The molecule has 0 aromatic heterocycles. The lowest BCUT2D eigenvalue weighted by Crippen LogP contribution is -2.43. The molecule has 2 rings (SSSR count). The van der Waals surface area contributed by atoms with Gasteiger partial charge in [0.2, 0.25) is 0 Å². The van der Waals surface area contributed by atoms with E-state index in [2.05, 4.69) is 5.32 Å². The van der Waals surface area contributed by atoms with Crippen molar-refractivity contribution in [2.75, 3.05) is 13.2 Å². The number of esters is 1. The fourth-order valence-corrected chi connectivity index (χ4v) is 3.23. The zero-order valence-corrected chi connectivity index (χ0v) is 16.1. The number of aliphatic hydroxyl groups is 1. The molecule has 7 heteroatoms. The van der Waals surface area contributed by atoms with Crippen molar-refractivity contribution in [1.82, 2.24) is 5.32 Å². The summed E-state index contributed by atoms with van der Waals surface area (Å²) >= 11 is 0. The predicted octanol–water partition coefficient (Wildman–Crippen LogP) is 2.18. The Balaban J connectivity index is 2.18. The van der Waals surface area contributed by atoms with E-state index in [9.17, 15) is 19.5 Å². The molecule has 1 fully saturated rings. The second kappa shape index (κ2) is 8.52. The van der Waals surface area contributed by atoms with Crippen LogP contribution in [0.4, 0.5) is 4.79 Å². The van der Waals surface area contributed by atoms with Gasteiger partial charge in [0.25, 0.3) is 0 Å². The molecule has 27 heavy (non-hydrogen) atoms. The van der Waals surface area contributed by atoms with Crippen molar-refractivity contribution < 1.29 is 29.0 Å². The highest BCUT2D eigenvalue weighted by Gasteiger charge is 2.62. The third-order valence-electron chi connectivity index (χ3n) is 4.36. The summed E-state index contributed by atoms with van der Waals surface area (Å²) in [6.45, 7) is 6.63. The highest BCUT2D eigenvalue weighted by molar-refractivity contribution is 6.03. The van der Waals surface area contributed by atoms with Crippen molar-refractivity contribution in [3.8, 4) is 0 Å². The van der Waals surface area contributed by atoms with E-state index in [0.717, 1.165) is 0 Å². The number of alkyl carbamates (subject to hydrolysis) is 1. The van der Waals surface area contributed by atoms with Crippen molar-refractivity contribution in [2.24, 2.45) is 17.8 Å². The number of ketones is 1. The average molecular weight is 377 g/mol. The highest BCUT2D eigenvalue weighted by Crippen LogP contribution is 2.51. The SMILES string of the molecule is CCOC(=O)[C@H]1[C@@H](C(=O)c2ccccc2)[C@@H]1[C@H](CO)NC(=O)OC(C)(C)C. The quantitative estimate of drug-likeness (QED) is 0.558. The van der Waals surface area contributed by atoms with Crippen LogP contribution in [0.15, 0.2) is 30.3 Å². The Kier molecular flexibility index (Phi) is 6.59. The van der Waals surface area contributed by atoms with Crippen LogP contribution in [0, 0.1) is 17.8 Å². The van der Waals surface area contributed by atoms with Crippen molar-refractivity contribution in [2.45, 2.75) is 39.3 Å². The van der Waals surface area contributed by atoms with E-state index in [1.54, 1.807) is 58.0 Å². The smallest absolute Gasteiger partial charge is 0.407 e. The lowest BCUT2D eigenvalue weighted by atomic mass is 10.0. The summed E-state index contributed by atoms with van der Waals surface area (Å²) < 4.78 is 10.3. The lowest BCUT2D eigenvalue weighted by Gasteiger charge is -2.23. The average Bonchev–Trinajstić information content (AvgIpc) is 3.34. The van der Waals surface area contributed by atoms with E-state index in [-0.39, 0.29) is 12.4 Å². The number of hydrogen-bond acceptors (Lipinski definition) is 6. The minimum atomic E-state index is -0.785. The second-order valence-electron chi connectivity index (χ2n) is 7.55. The Labute approximate surface area is 159 Å². The monoisotopic (exact) mass is 377 g/mol. The van der Waals surface area contributed by atoms with Crippen molar-refractivity contribution in [1.29, 1.82) is 0 Å². The van der Waals surface area contributed by atoms with Gasteiger partial charge >= 0.3 is 12.1 Å². The zero-order valence-electron chi connectivity index (χ0n) is 16.1. The molecule has 2 N–H and O–H groups in total. The van der Waals surface area contributed by atoms with Crippen LogP contribution in [-0.2, 0) is 14.3 Å². The molecule has 7 nitrogen and oxygen atoms in total. The summed E-state index contributed by atoms with van der Waals surface area (Å²) in [5.74, 6) is -2.61. The Bertz CT molecular complexity index is 681. The van der Waals surface area contributed by atoms with Crippen LogP contribution in [0.1, 0.15) is 38.1 Å². The number of carbonyl (C=O) groups excluding carboxylic acids is 3. The molecule has 0 spiro atoms. The Morgan fingerprint density at radius 1 is 1.15 bits per heavy atom. The number of nitrogens with one attached hydrogen (secondary N) is 1. The minimum absolute atomic E-state index is 0.192. The Hall–Kier alpha value is -2.41. The molecule has 148 valence electrons. The van der Waals surface area contributed by atoms with Gasteiger partial charge in [-0.25, -0.2) is 4.79 Å². The molecule has 1 amide bonds. The Morgan fingerprint density at radius 3 is 2.30 bits per heavy atom. The van der Waals surface area contributed by atoms with Gasteiger partial charge in [0.15, 0.2) is 5.78 Å². The van der Waals surface area contributed by atoms with Gasteiger partial charge in [0.05, 0.1) is 25.2 Å². The molecular formula is C20H27NO6. The van der Waals surface area contributed by atoms with Gasteiger partial charge in [-0.05, 0) is 27.7 Å². The fraction of sp³-hybridized carbons (Fsp3) is 0.550. The number of carbonyl (C=O) groups is 3. The summed E-state index contributed by atoms with van der Waals surface area (Å²) in [5, 5.41) is 12.3. The van der Waals surface area contributed by atoms with E-state index >= 15 is 0 Å². The van der Waals surface area contributed by atoms with Crippen LogP contribution in [0.5, 0.6) is 0 Å². The zero-order chi connectivity index (χ0) is 20.2. The number of amides is 1. The number of rotatable bonds is 7. The van der Waals surface area contributed by atoms with Crippen LogP contribution >= 0.6 is 0 Å². The molecule has 0 saturated heterocycles. The first-order valence-electron chi connectivity index (χ1n) is 9.06. The maximum absolute atomic E-state index is 12.8. The number of hydrogen-bond donors (Lipinski definition) is 2. The normalized spacial score (nSPS) is 22.5. The molecule has 0 unspecified atom stereocenters. The molecule has 0 radical (unpaired) electrons. The van der Waals surface area contributed by atoms with Crippen molar-refractivity contribution >= 4 is 17.8 Å². The minimum Gasteiger partial charge on any atom is -0.466 e. The van der Waals surface area contributed by atoms with Crippen LogP contribution in [0.3, 0.4) is 0 Å². The number of ether oxygens (including phenoxy) is 2. The second-order valence-corrected chi connectivity index (χ2v) is 7.55. The Morgan fingerprint density at radius 2 is 1.78 bits per heavy atom. The molecule has 0 heterocycles. The molecule has 1 aromatic rings. The van der Waals surface area contributed by atoms with Crippen molar-refractivity contribution in [3.63, 3.8) is 0 Å². The fourth-order valence-electron chi connectivity index (χ4n) is 3.23. The third-order valence-corrected chi connectivity index (χ3v) is 4.36. The van der Waals surface area contributed by atoms with Gasteiger partial charge in [-0.3, -0.25) is 9.59 Å². The first-order valence-corrected chi connectivity index (χ1v) is 9.06. The third kappa shape index (κ3) is 5.29. The summed E-state index contributed by atoms with van der Waals surface area (Å²) in [6, 6.07) is 7.85. The van der Waals surface area contributed by atoms with E-state index in [1.807, 2.05) is 0 Å². The molecule has 4 atom stereocenters.